The molecule has 4 nitrogen and oxygen atoms in total. The van der Waals surface area contributed by atoms with Crippen LogP contribution in [-0.2, 0) is 4.79 Å². The van der Waals surface area contributed by atoms with Crippen molar-refractivity contribution in [1.82, 2.24) is 9.97 Å². The first-order valence-electron chi connectivity index (χ1n) is 7.05. The van der Waals surface area contributed by atoms with E-state index in [1.54, 1.807) is 36.5 Å². The van der Waals surface area contributed by atoms with Crippen molar-refractivity contribution in [2.75, 3.05) is 0 Å². The van der Waals surface area contributed by atoms with Crippen LogP contribution in [0.5, 0.6) is 0 Å². The molecule has 0 aliphatic rings. The molecule has 5 heteroatoms. The van der Waals surface area contributed by atoms with Gasteiger partial charge < -0.3 is 9.90 Å². The van der Waals surface area contributed by atoms with Crippen LogP contribution in [0.3, 0.4) is 0 Å². The molecule has 3 aromatic rings. The molecule has 0 spiro atoms. The predicted molar refractivity (Wildman–Crippen MR) is 87.5 cm³/mol. The minimum atomic E-state index is -1.16. The molecule has 3 rings (SSSR count). The molecule has 0 saturated carbocycles. The molecule has 0 bridgehead atoms. The molecular weight excluding hydrogens is 308 g/mol. The van der Waals surface area contributed by atoms with Crippen molar-refractivity contribution in [3.05, 3.63) is 78.5 Å². The first-order valence-corrected chi connectivity index (χ1v) is 7.93. The second-order valence-corrected chi connectivity index (χ2v) is 5.89. The van der Waals surface area contributed by atoms with Crippen LogP contribution in [0.15, 0.2) is 78.1 Å². The zero-order valence-corrected chi connectivity index (χ0v) is 12.9. The molecule has 0 N–H and O–H groups in total. The molecule has 0 saturated heterocycles. The number of carbonyl (C=O) groups excluding carboxylic acids is 1. The molecule has 0 aliphatic heterocycles. The summed E-state index contributed by atoms with van der Waals surface area (Å²) in [5, 5.41) is 11.0. The molecule has 0 fully saturated rings. The number of carboxylic acids is 1. The first kappa shape index (κ1) is 15.2. The van der Waals surface area contributed by atoms with Gasteiger partial charge in [-0.15, -0.1) is 0 Å². The maximum atomic E-state index is 11.5. The summed E-state index contributed by atoms with van der Waals surface area (Å²) in [5.74, 6) is -1.16. The molecular formula is C18H13N2O2S-. The zero-order valence-electron chi connectivity index (χ0n) is 12.1. The number of aromatic nitrogens is 2. The zero-order chi connectivity index (χ0) is 16.1. The number of carboxylic acid groups (broad SMARTS) is 1. The lowest BCUT2D eigenvalue weighted by molar-refractivity contribution is -0.305. The van der Waals surface area contributed by atoms with Crippen LogP contribution >= 0.6 is 11.8 Å². The minimum absolute atomic E-state index is 0.407. The van der Waals surface area contributed by atoms with Crippen LogP contribution < -0.4 is 5.11 Å². The highest BCUT2D eigenvalue weighted by atomic mass is 32.2. The first-order chi connectivity index (χ1) is 11.2. The normalized spacial score (nSPS) is 11.8. The van der Waals surface area contributed by atoms with E-state index in [-0.39, 0.29) is 0 Å². The molecule has 1 atom stereocenters. The molecule has 2 aromatic carbocycles. The van der Waals surface area contributed by atoms with E-state index in [1.165, 1.54) is 0 Å². The standard InChI is InChI=1S/C18H14N2O2S/c21-17(22)16(14-9-5-2-6-10-14)23-18-19-12-11-15(20-18)13-7-3-1-4-8-13/h1-12,16H,(H,21,22)/p-1/t16-/m0/s1. The summed E-state index contributed by atoms with van der Waals surface area (Å²) in [6.07, 6.45) is 1.63. The van der Waals surface area contributed by atoms with Crippen LogP contribution in [0.2, 0.25) is 0 Å². The molecule has 0 radical (unpaired) electrons. The van der Waals surface area contributed by atoms with Crippen LogP contribution in [0, 0.1) is 0 Å². The Kier molecular flexibility index (Phi) is 4.68. The average molecular weight is 321 g/mol. The number of aliphatic carboxylic acids is 1. The lowest BCUT2D eigenvalue weighted by Gasteiger charge is -2.17. The van der Waals surface area contributed by atoms with E-state index in [0.29, 0.717) is 10.7 Å². The molecule has 23 heavy (non-hydrogen) atoms. The van der Waals surface area contributed by atoms with Crippen molar-refractivity contribution in [3.8, 4) is 11.3 Å². The van der Waals surface area contributed by atoms with Gasteiger partial charge in [-0.25, -0.2) is 9.97 Å². The van der Waals surface area contributed by atoms with Gasteiger partial charge in [-0.2, -0.15) is 0 Å². The van der Waals surface area contributed by atoms with Gasteiger partial charge in [-0.05, 0) is 11.6 Å². The Morgan fingerprint density at radius 3 is 2.26 bits per heavy atom. The van der Waals surface area contributed by atoms with Crippen molar-refractivity contribution in [2.24, 2.45) is 0 Å². The van der Waals surface area contributed by atoms with Gasteiger partial charge in [0.15, 0.2) is 5.16 Å². The average Bonchev–Trinajstić information content (AvgIpc) is 2.61. The molecule has 114 valence electrons. The van der Waals surface area contributed by atoms with E-state index in [9.17, 15) is 9.90 Å². The van der Waals surface area contributed by atoms with Gasteiger partial charge in [-0.1, -0.05) is 72.4 Å². The Labute approximate surface area is 138 Å². The summed E-state index contributed by atoms with van der Waals surface area (Å²) in [6.45, 7) is 0. The van der Waals surface area contributed by atoms with Crippen LogP contribution in [0.4, 0.5) is 0 Å². The third-order valence-electron chi connectivity index (χ3n) is 3.24. The minimum Gasteiger partial charge on any atom is -0.549 e. The largest absolute Gasteiger partial charge is 0.549 e. The number of rotatable bonds is 5. The summed E-state index contributed by atoms with van der Waals surface area (Å²) in [7, 11) is 0. The number of thioether (sulfide) groups is 1. The number of nitrogens with zero attached hydrogens (tertiary/aromatic N) is 2. The summed E-state index contributed by atoms with van der Waals surface area (Å²) >= 11 is 1.07. The fourth-order valence-electron chi connectivity index (χ4n) is 2.15. The topological polar surface area (TPSA) is 65.9 Å². The second-order valence-electron chi connectivity index (χ2n) is 4.82. The monoisotopic (exact) mass is 321 g/mol. The Balaban J connectivity index is 1.88. The Morgan fingerprint density at radius 1 is 0.957 bits per heavy atom. The third-order valence-corrected chi connectivity index (χ3v) is 4.35. The lowest BCUT2D eigenvalue weighted by atomic mass is 10.1. The summed E-state index contributed by atoms with van der Waals surface area (Å²) < 4.78 is 0. The van der Waals surface area contributed by atoms with Gasteiger partial charge in [0.05, 0.1) is 16.9 Å². The highest BCUT2D eigenvalue weighted by Crippen LogP contribution is 2.33. The van der Waals surface area contributed by atoms with E-state index >= 15 is 0 Å². The van der Waals surface area contributed by atoms with Gasteiger partial charge in [-0.3, -0.25) is 0 Å². The Bertz CT molecular complexity index is 794. The smallest absolute Gasteiger partial charge is 0.189 e. The molecule has 0 amide bonds. The van der Waals surface area contributed by atoms with Gasteiger partial charge in [0.25, 0.3) is 0 Å². The number of hydrogen-bond donors (Lipinski definition) is 0. The van der Waals surface area contributed by atoms with Gasteiger partial charge in [0.2, 0.25) is 0 Å². The highest BCUT2D eigenvalue weighted by molar-refractivity contribution is 8.00. The molecule has 0 aliphatic carbocycles. The van der Waals surface area contributed by atoms with Gasteiger partial charge in [0, 0.05) is 11.8 Å². The highest BCUT2D eigenvalue weighted by Gasteiger charge is 2.16. The summed E-state index contributed by atoms with van der Waals surface area (Å²) in [6, 6.07) is 20.4. The Hall–Kier alpha value is -2.66. The number of hydrogen-bond acceptors (Lipinski definition) is 5. The fourth-order valence-corrected chi connectivity index (χ4v) is 3.03. The molecule has 0 unspecified atom stereocenters. The van der Waals surface area contributed by atoms with Crippen molar-refractivity contribution < 1.29 is 9.90 Å². The van der Waals surface area contributed by atoms with Crippen molar-refractivity contribution in [1.29, 1.82) is 0 Å². The van der Waals surface area contributed by atoms with Crippen molar-refractivity contribution in [2.45, 2.75) is 10.4 Å². The molecule has 1 aromatic heterocycles. The van der Waals surface area contributed by atoms with E-state index in [2.05, 4.69) is 9.97 Å². The maximum absolute atomic E-state index is 11.5. The van der Waals surface area contributed by atoms with Crippen LogP contribution in [0.1, 0.15) is 10.8 Å². The summed E-state index contributed by atoms with van der Waals surface area (Å²) in [5.41, 5.74) is 2.38. The third kappa shape index (κ3) is 3.76. The second kappa shape index (κ2) is 7.07. The predicted octanol–water partition coefficient (Wildman–Crippen LogP) is 2.73. The van der Waals surface area contributed by atoms with Crippen molar-refractivity contribution >= 4 is 17.7 Å². The Morgan fingerprint density at radius 2 is 1.61 bits per heavy atom. The van der Waals surface area contributed by atoms with E-state index in [4.69, 9.17) is 0 Å². The van der Waals surface area contributed by atoms with Crippen molar-refractivity contribution in [3.63, 3.8) is 0 Å². The summed E-state index contributed by atoms with van der Waals surface area (Å²) in [4.78, 5) is 20.1. The fraction of sp³-hybridized carbons (Fsp3) is 0.0556. The SMILES string of the molecule is O=C([O-])[C@@H](Sc1nccc(-c2ccccc2)n1)c1ccccc1. The van der Waals surface area contributed by atoms with E-state index in [1.807, 2.05) is 36.4 Å². The van der Waals surface area contributed by atoms with Crippen LogP contribution in [0.25, 0.3) is 11.3 Å². The maximum Gasteiger partial charge on any atom is 0.189 e. The van der Waals surface area contributed by atoms with E-state index < -0.39 is 11.2 Å². The van der Waals surface area contributed by atoms with Crippen LogP contribution in [-0.4, -0.2) is 15.9 Å². The van der Waals surface area contributed by atoms with E-state index in [0.717, 1.165) is 23.0 Å². The lowest BCUT2D eigenvalue weighted by Crippen LogP contribution is -2.28. The number of benzene rings is 2. The van der Waals surface area contributed by atoms with Gasteiger partial charge in [0.1, 0.15) is 0 Å². The van der Waals surface area contributed by atoms with Gasteiger partial charge >= 0.3 is 0 Å². The number of carbonyl (C=O) groups is 1. The molecule has 1 heterocycles. The quantitative estimate of drug-likeness (QED) is 0.534.